The van der Waals surface area contributed by atoms with Gasteiger partial charge in [0.05, 0.1) is 0 Å². The fourth-order valence-electron chi connectivity index (χ4n) is 1.37. The zero-order valence-electron chi connectivity index (χ0n) is 11.6. The lowest BCUT2D eigenvalue weighted by molar-refractivity contribution is 0.481. The Labute approximate surface area is 105 Å². The number of hydrogen-bond donors (Lipinski definition) is 1. The molecule has 0 saturated heterocycles. The number of aryl methyl sites for hydroxylation is 1. The number of hydrogen-bond acceptors (Lipinski definition) is 1. The van der Waals surface area contributed by atoms with Crippen LogP contribution in [-0.2, 0) is 0 Å². The highest BCUT2D eigenvalue weighted by atomic mass is 16.3. The Morgan fingerprint density at radius 1 is 1.00 bits per heavy atom. The summed E-state index contributed by atoms with van der Waals surface area (Å²) in [6.45, 7) is 10.3. The molecule has 2 aromatic rings. The zero-order chi connectivity index (χ0) is 13.3. The molecule has 0 aliphatic heterocycles. The SMILES string of the molecule is CC.CCC.Cc1ccc2cccc(O)c2c1. The van der Waals surface area contributed by atoms with E-state index in [1.165, 1.54) is 12.0 Å². The van der Waals surface area contributed by atoms with Gasteiger partial charge in [-0.1, -0.05) is 63.9 Å². The van der Waals surface area contributed by atoms with Crippen LogP contribution in [0.3, 0.4) is 0 Å². The van der Waals surface area contributed by atoms with E-state index in [1.54, 1.807) is 6.07 Å². The maximum absolute atomic E-state index is 9.50. The van der Waals surface area contributed by atoms with Crippen LogP contribution < -0.4 is 0 Å². The summed E-state index contributed by atoms with van der Waals surface area (Å²) in [6.07, 6.45) is 1.25. The van der Waals surface area contributed by atoms with Crippen LogP contribution in [0.15, 0.2) is 36.4 Å². The van der Waals surface area contributed by atoms with Gasteiger partial charge in [-0.15, -0.1) is 0 Å². The number of fused-ring (bicyclic) bond motifs is 1. The quantitative estimate of drug-likeness (QED) is 0.653. The summed E-state index contributed by atoms with van der Waals surface area (Å²) in [5, 5.41) is 11.5. The van der Waals surface area contributed by atoms with E-state index < -0.39 is 0 Å². The molecule has 0 radical (unpaired) electrons. The predicted molar refractivity (Wildman–Crippen MR) is 77.7 cm³/mol. The molecule has 94 valence electrons. The average Bonchev–Trinajstić information content (AvgIpc) is 2.34. The topological polar surface area (TPSA) is 20.2 Å². The van der Waals surface area contributed by atoms with Gasteiger partial charge in [-0.25, -0.2) is 0 Å². The molecule has 0 fully saturated rings. The summed E-state index contributed by atoms with van der Waals surface area (Å²) in [5.41, 5.74) is 1.17. The first-order chi connectivity index (χ1) is 8.19. The van der Waals surface area contributed by atoms with Crippen molar-refractivity contribution in [1.82, 2.24) is 0 Å². The van der Waals surface area contributed by atoms with Gasteiger partial charge in [0.2, 0.25) is 0 Å². The lowest BCUT2D eigenvalue weighted by Gasteiger charge is -2.00. The largest absolute Gasteiger partial charge is 0.507 e. The molecule has 0 unspecified atom stereocenters. The molecule has 0 spiro atoms. The Bertz CT molecular complexity index is 432. The summed E-state index contributed by atoms with van der Waals surface area (Å²) in [7, 11) is 0. The van der Waals surface area contributed by atoms with Crippen molar-refractivity contribution in [2.45, 2.75) is 41.0 Å². The molecule has 1 nitrogen and oxygen atoms in total. The summed E-state index contributed by atoms with van der Waals surface area (Å²) in [6, 6.07) is 11.6. The Kier molecular flexibility index (Phi) is 7.87. The van der Waals surface area contributed by atoms with Gasteiger partial charge in [-0.05, 0) is 24.4 Å². The van der Waals surface area contributed by atoms with Crippen molar-refractivity contribution in [1.29, 1.82) is 0 Å². The normalized spacial score (nSPS) is 8.76. The second-order valence-electron chi connectivity index (χ2n) is 3.71. The Morgan fingerprint density at radius 2 is 1.59 bits per heavy atom. The summed E-state index contributed by atoms with van der Waals surface area (Å²) >= 11 is 0. The van der Waals surface area contributed by atoms with E-state index in [0.717, 1.165) is 10.8 Å². The first kappa shape index (κ1) is 15.5. The highest BCUT2D eigenvalue weighted by Gasteiger charge is 1.97. The molecule has 0 amide bonds. The number of phenols is 1. The second kappa shape index (κ2) is 8.63. The van der Waals surface area contributed by atoms with Gasteiger partial charge in [0.15, 0.2) is 0 Å². The highest BCUT2D eigenvalue weighted by Crippen LogP contribution is 2.24. The van der Waals surface area contributed by atoms with Crippen LogP contribution in [0.2, 0.25) is 0 Å². The smallest absolute Gasteiger partial charge is 0.123 e. The van der Waals surface area contributed by atoms with E-state index in [1.807, 2.05) is 51.1 Å². The molecular formula is C16H24O. The number of rotatable bonds is 0. The minimum atomic E-state index is 0.358. The van der Waals surface area contributed by atoms with Crippen LogP contribution in [0.5, 0.6) is 5.75 Å². The van der Waals surface area contributed by atoms with E-state index in [2.05, 4.69) is 13.8 Å². The van der Waals surface area contributed by atoms with Crippen molar-refractivity contribution in [3.8, 4) is 5.75 Å². The van der Waals surface area contributed by atoms with Gasteiger partial charge in [-0.2, -0.15) is 0 Å². The van der Waals surface area contributed by atoms with Crippen LogP contribution in [0.4, 0.5) is 0 Å². The number of benzene rings is 2. The van der Waals surface area contributed by atoms with Gasteiger partial charge in [-0.3, -0.25) is 0 Å². The molecule has 17 heavy (non-hydrogen) atoms. The summed E-state index contributed by atoms with van der Waals surface area (Å²) in [5.74, 6) is 0.358. The molecule has 0 aliphatic rings. The van der Waals surface area contributed by atoms with Gasteiger partial charge in [0.1, 0.15) is 5.75 Å². The van der Waals surface area contributed by atoms with Gasteiger partial charge < -0.3 is 5.11 Å². The summed E-state index contributed by atoms with van der Waals surface area (Å²) in [4.78, 5) is 0. The van der Waals surface area contributed by atoms with Crippen molar-refractivity contribution >= 4 is 10.8 Å². The van der Waals surface area contributed by atoms with Crippen LogP contribution in [0.25, 0.3) is 10.8 Å². The third kappa shape index (κ3) is 4.90. The first-order valence-corrected chi connectivity index (χ1v) is 6.37. The minimum absolute atomic E-state index is 0.358. The molecular weight excluding hydrogens is 208 g/mol. The van der Waals surface area contributed by atoms with E-state index in [-0.39, 0.29) is 0 Å². The maximum atomic E-state index is 9.50. The Hall–Kier alpha value is -1.50. The molecule has 1 N–H and O–H groups in total. The van der Waals surface area contributed by atoms with Crippen molar-refractivity contribution in [2.75, 3.05) is 0 Å². The molecule has 0 heterocycles. The van der Waals surface area contributed by atoms with E-state index in [9.17, 15) is 5.11 Å². The second-order valence-corrected chi connectivity index (χ2v) is 3.71. The van der Waals surface area contributed by atoms with Crippen LogP contribution in [-0.4, -0.2) is 5.11 Å². The maximum Gasteiger partial charge on any atom is 0.123 e. The molecule has 0 aliphatic carbocycles. The van der Waals surface area contributed by atoms with Gasteiger partial charge in [0, 0.05) is 5.39 Å². The monoisotopic (exact) mass is 232 g/mol. The van der Waals surface area contributed by atoms with Crippen molar-refractivity contribution < 1.29 is 5.11 Å². The predicted octanol–water partition coefficient (Wildman–Crippen LogP) is 5.30. The van der Waals surface area contributed by atoms with Crippen molar-refractivity contribution in [3.63, 3.8) is 0 Å². The molecule has 0 bridgehead atoms. The van der Waals surface area contributed by atoms with Crippen molar-refractivity contribution in [3.05, 3.63) is 42.0 Å². The Balaban J connectivity index is 0.000000450. The van der Waals surface area contributed by atoms with E-state index in [4.69, 9.17) is 0 Å². The molecule has 2 rings (SSSR count). The zero-order valence-corrected chi connectivity index (χ0v) is 11.6. The standard InChI is InChI=1S/C11H10O.C3H8.C2H6/c1-8-5-6-9-3-2-4-11(12)10(9)7-8;1-3-2;1-2/h2-7,12H,1H3;3H2,1-2H3;1-2H3. The average molecular weight is 232 g/mol. The minimum Gasteiger partial charge on any atom is -0.507 e. The van der Waals surface area contributed by atoms with Crippen molar-refractivity contribution in [2.24, 2.45) is 0 Å². The van der Waals surface area contributed by atoms with Gasteiger partial charge >= 0.3 is 0 Å². The van der Waals surface area contributed by atoms with Crippen LogP contribution in [0.1, 0.15) is 39.7 Å². The number of aromatic hydroxyl groups is 1. The van der Waals surface area contributed by atoms with Crippen LogP contribution in [0, 0.1) is 6.92 Å². The fourth-order valence-corrected chi connectivity index (χ4v) is 1.37. The fraction of sp³-hybridized carbons (Fsp3) is 0.375. The van der Waals surface area contributed by atoms with E-state index >= 15 is 0 Å². The molecule has 1 heteroatoms. The number of phenolic OH excluding ortho intramolecular Hbond substituents is 1. The van der Waals surface area contributed by atoms with Gasteiger partial charge in [0.25, 0.3) is 0 Å². The van der Waals surface area contributed by atoms with E-state index in [0.29, 0.717) is 5.75 Å². The summed E-state index contributed by atoms with van der Waals surface area (Å²) < 4.78 is 0. The molecule has 0 atom stereocenters. The highest BCUT2D eigenvalue weighted by molar-refractivity contribution is 5.88. The first-order valence-electron chi connectivity index (χ1n) is 6.37. The lowest BCUT2D eigenvalue weighted by atomic mass is 10.1. The molecule has 0 aromatic heterocycles. The molecule has 2 aromatic carbocycles. The third-order valence-corrected chi connectivity index (χ3v) is 2.01. The third-order valence-electron chi connectivity index (χ3n) is 2.01. The Morgan fingerprint density at radius 3 is 2.18 bits per heavy atom. The molecule has 0 saturated carbocycles. The lowest BCUT2D eigenvalue weighted by Crippen LogP contribution is -1.75. The van der Waals surface area contributed by atoms with Crippen LogP contribution >= 0.6 is 0 Å².